The van der Waals surface area contributed by atoms with Crippen molar-refractivity contribution in [1.82, 2.24) is 4.90 Å². The Hall–Kier alpha value is -2.40. The number of amides is 2. The number of rotatable bonds is 3. The van der Waals surface area contributed by atoms with E-state index >= 15 is 0 Å². The van der Waals surface area contributed by atoms with Gasteiger partial charge in [-0.05, 0) is 36.3 Å². The van der Waals surface area contributed by atoms with E-state index in [1.165, 1.54) is 6.08 Å². The van der Waals surface area contributed by atoms with E-state index in [0.717, 1.165) is 20.5 Å². The summed E-state index contributed by atoms with van der Waals surface area (Å²) >= 11 is 3.36. The van der Waals surface area contributed by atoms with Crippen molar-refractivity contribution in [3.63, 3.8) is 0 Å². The number of benzene rings is 2. The SMILES string of the molecule is CC1C(c2ccccc2)OC(=O)N1C(=O)C=Cc1ccc(Br)cc1. The summed E-state index contributed by atoms with van der Waals surface area (Å²) in [7, 11) is 0. The fourth-order valence-electron chi connectivity index (χ4n) is 2.67. The number of carbonyl (C=O) groups excluding carboxylic acids is 2. The first-order valence-corrected chi connectivity index (χ1v) is 8.38. The number of hydrogen-bond acceptors (Lipinski definition) is 3. The minimum Gasteiger partial charge on any atom is -0.439 e. The van der Waals surface area contributed by atoms with Crippen LogP contribution in [0.2, 0.25) is 0 Å². The standard InChI is InChI=1S/C19H16BrNO3/c1-13-18(15-5-3-2-4-6-15)24-19(23)21(13)17(22)12-9-14-7-10-16(20)11-8-14/h2-13,18H,1H3. The minimum absolute atomic E-state index is 0.359. The molecule has 2 amide bonds. The highest BCUT2D eigenvalue weighted by Gasteiger charge is 2.42. The molecular formula is C19H16BrNO3. The predicted octanol–water partition coefficient (Wildman–Crippen LogP) is 4.57. The van der Waals surface area contributed by atoms with E-state index in [9.17, 15) is 9.59 Å². The monoisotopic (exact) mass is 385 g/mol. The Kier molecular flexibility index (Phi) is 4.81. The Bertz CT molecular complexity index is 771. The Labute approximate surface area is 148 Å². The van der Waals surface area contributed by atoms with Crippen LogP contribution in [0, 0.1) is 0 Å². The van der Waals surface area contributed by atoms with Gasteiger partial charge in [0.05, 0.1) is 6.04 Å². The van der Waals surface area contributed by atoms with Crippen LogP contribution in [0.15, 0.2) is 65.1 Å². The summed E-state index contributed by atoms with van der Waals surface area (Å²) in [6.45, 7) is 1.81. The molecule has 1 heterocycles. The topological polar surface area (TPSA) is 46.6 Å². The number of nitrogens with zero attached hydrogens (tertiary/aromatic N) is 1. The summed E-state index contributed by atoms with van der Waals surface area (Å²) < 4.78 is 6.35. The first-order chi connectivity index (χ1) is 11.6. The van der Waals surface area contributed by atoms with Crippen molar-refractivity contribution < 1.29 is 14.3 Å². The lowest BCUT2D eigenvalue weighted by Gasteiger charge is -2.17. The maximum atomic E-state index is 12.4. The summed E-state index contributed by atoms with van der Waals surface area (Å²) in [6.07, 6.45) is 2.03. The van der Waals surface area contributed by atoms with E-state index < -0.39 is 12.2 Å². The Morgan fingerprint density at radius 3 is 2.46 bits per heavy atom. The summed E-state index contributed by atoms with van der Waals surface area (Å²) in [5, 5.41) is 0. The van der Waals surface area contributed by atoms with Crippen LogP contribution in [0.25, 0.3) is 6.08 Å². The van der Waals surface area contributed by atoms with Gasteiger partial charge >= 0.3 is 6.09 Å². The minimum atomic E-state index is -0.609. The van der Waals surface area contributed by atoms with Gasteiger partial charge in [-0.2, -0.15) is 0 Å². The van der Waals surface area contributed by atoms with Gasteiger partial charge in [0.2, 0.25) is 0 Å². The molecule has 2 aromatic carbocycles. The molecule has 0 spiro atoms. The molecule has 24 heavy (non-hydrogen) atoms. The molecule has 0 radical (unpaired) electrons. The van der Waals surface area contributed by atoms with Gasteiger partial charge in [-0.3, -0.25) is 4.79 Å². The Balaban J connectivity index is 1.75. The van der Waals surface area contributed by atoms with Crippen molar-refractivity contribution in [2.45, 2.75) is 19.1 Å². The summed E-state index contributed by atoms with van der Waals surface area (Å²) in [5.41, 5.74) is 1.76. The van der Waals surface area contributed by atoms with Gasteiger partial charge in [0.25, 0.3) is 5.91 Å². The second kappa shape index (κ2) is 7.01. The van der Waals surface area contributed by atoms with Crippen LogP contribution in [-0.4, -0.2) is 22.9 Å². The first kappa shape index (κ1) is 16.5. The predicted molar refractivity (Wildman–Crippen MR) is 95.1 cm³/mol. The molecule has 0 aromatic heterocycles. The lowest BCUT2D eigenvalue weighted by molar-refractivity contribution is -0.124. The van der Waals surface area contributed by atoms with Crippen molar-refractivity contribution in [2.24, 2.45) is 0 Å². The van der Waals surface area contributed by atoms with Crippen LogP contribution >= 0.6 is 15.9 Å². The normalized spacial score (nSPS) is 20.4. The molecule has 2 aromatic rings. The molecule has 1 aliphatic rings. The molecule has 0 bridgehead atoms. The van der Waals surface area contributed by atoms with Crippen LogP contribution in [0.4, 0.5) is 4.79 Å². The van der Waals surface area contributed by atoms with Gasteiger partial charge in [0.1, 0.15) is 6.10 Å². The summed E-state index contributed by atoms with van der Waals surface area (Å²) in [6, 6.07) is 16.6. The van der Waals surface area contributed by atoms with E-state index in [1.807, 2.05) is 61.5 Å². The summed E-state index contributed by atoms with van der Waals surface area (Å²) in [4.78, 5) is 25.7. The van der Waals surface area contributed by atoms with Gasteiger partial charge in [0.15, 0.2) is 0 Å². The number of carbonyl (C=O) groups is 2. The van der Waals surface area contributed by atoms with Crippen molar-refractivity contribution in [3.8, 4) is 0 Å². The van der Waals surface area contributed by atoms with Gasteiger partial charge < -0.3 is 4.74 Å². The van der Waals surface area contributed by atoms with Crippen LogP contribution in [0.3, 0.4) is 0 Å². The van der Waals surface area contributed by atoms with Crippen molar-refractivity contribution in [2.75, 3.05) is 0 Å². The molecule has 1 aliphatic heterocycles. The van der Waals surface area contributed by atoms with E-state index in [2.05, 4.69) is 15.9 Å². The third kappa shape index (κ3) is 3.41. The average molecular weight is 386 g/mol. The van der Waals surface area contributed by atoms with Crippen molar-refractivity contribution >= 4 is 34.0 Å². The van der Waals surface area contributed by atoms with Crippen molar-refractivity contribution in [1.29, 1.82) is 0 Å². The molecule has 122 valence electrons. The highest BCUT2D eigenvalue weighted by atomic mass is 79.9. The van der Waals surface area contributed by atoms with Crippen LogP contribution in [0.1, 0.15) is 24.2 Å². The van der Waals surface area contributed by atoms with Crippen LogP contribution in [-0.2, 0) is 9.53 Å². The zero-order valence-electron chi connectivity index (χ0n) is 13.1. The van der Waals surface area contributed by atoms with Gasteiger partial charge in [0, 0.05) is 10.5 Å². The zero-order chi connectivity index (χ0) is 17.1. The van der Waals surface area contributed by atoms with Gasteiger partial charge in [-0.25, -0.2) is 9.69 Å². The second-order valence-electron chi connectivity index (χ2n) is 5.55. The van der Waals surface area contributed by atoms with E-state index in [-0.39, 0.29) is 11.9 Å². The highest BCUT2D eigenvalue weighted by molar-refractivity contribution is 9.10. The molecule has 0 aliphatic carbocycles. The van der Waals surface area contributed by atoms with E-state index in [4.69, 9.17) is 4.74 Å². The van der Waals surface area contributed by atoms with E-state index in [1.54, 1.807) is 6.08 Å². The summed E-state index contributed by atoms with van der Waals surface area (Å²) in [5.74, 6) is -0.381. The third-order valence-electron chi connectivity index (χ3n) is 3.92. The molecular weight excluding hydrogens is 370 g/mol. The smallest absolute Gasteiger partial charge is 0.417 e. The molecule has 2 atom stereocenters. The number of ether oxygens (including phenoxy) is 1. The van der Waals surface area contributed by atoms with Crippen LogP contribution in [0.5, 0.6) is 0 Å². The number of hydrogen-bond donors (Lipinski definition) is 0. The van der Waals surface area contributed by atoms with Crippen LogP contribution < -0.4 is 0 Å². The maximum absolute atomic E-state index is 12.4. The zero-order valence-corrected chi connectivity index (χ0v) is 14.6. The second-order valence-corrected chi connectivity index (χ2v) is 6.46. The average Bonchev–Trinajstić information content (AvgIpc) is 2.89. The Morgan fingerprint density at radius 1 is 1.12 bits per heavy atom. The molecule has 5 heteroatoms. The van der Waals surface area contributed by atoms with Crippen molar-refractivity contribution in [3.05, 3.63) is 76.3 Å². The quantitative estimate of drug-likeness (QED) is 0.726. The largest absolute Gasteiger partial charge is 0.439 e. The van der Waals surface area contributed by atoms with Gasteiger partial charge in [-0.15, -0.1) is 0 Å². The maximum Gasteiger partial charge on any atom is 0.417 e. The molecule has 4 nitrogen and oxygen atoms in total. The molecule has 1 fully saturated rings. The molecule has 3 rings (SSSR count). The van der Waals surface area contributed by atoms with E-state index in [0.29, 0.717) is 0 Å². The lowest BCUT2D eigenvalue weighted by atomic mass is 10.0. The fraction of sp³-hybridized carbons (Fsp3) is 0.158. The number of imide groups is 1. The number of cyclic esters (lactones) is 1. The first-order valence-electron chi connectivity index (χ1n) is 7.58. The number of halogens is 1. The van der Waals surface area contributed by atoms with Gasteiger partial charge in [-0.1, -0.05) is 58.4 Å². The molecule has 2 unspecified atom stereocenters. The molecule has 0 N–H and O–H groups in total. The third-order valence-corrected chi connectivity index (χ3v) is 4.45. The Morgan fingerprint density at radius 2 is 1.79 bits per heavy atom. The highest BCUT2D eigenvalue weighted by Crippen LogP contribution is 2.32. The molecule has 0 saturated carbocycles. The molecule has 1 saturated heterocycles. The fourth-order valence-corrected chi connectivity index (χ4v) is 2.93. The lowest BCUT2D eigenvalue weighted by Crippen LogP contribution is -2.36.